The third-order valence-electron chi connectivity index (χ3n) is 5.69. The molecule has 0 aromatic carbocycles. The molecule has 0 radical (unpaired) electrons. The van der Waals surface area contributed by atoms with Crippen molar-refractivity contribution in [2.24, 2.45) is 17.8 Å². The fourth-order valence-electron chi connectivity index (χ4n) is 3.91. The molecule has 0 amide bonds. The van der Waals surface area contributed by atoms with Crippen LogP contribution in [0.4, 0.5) is 8.78 Å². The second-order valence-electron chi connectivity index (χ2n) is 7.72. The van der Waals surface area contributed by atoms with E-state index < -0.39 is 11.7 Å². The first-order valence-corrected chi connectivity index (χ1v) is 10.1. The fraction of sp³-hybridized carbons (Fsp3) is 0.727. The van der Waals surface area contributed by atoms with Crippen molar-refractivity contribution in [3.8, 4) is 0 Å². The second-order valence-corrected chi connectivity index (χ2v) is 7.72. The molecule has 0 bridgehead atoms. The Balaban J connectivity index is 1.72. The molecule has 27 heavy (non-hydrogen) atoms. The maximum absolute atomic E-state index is 14.2. The predicted octanol–water partition coefficient (Wildman–Crippen LogP) is 6.23. The van der Waals surface area contributed by atoms with Crippen molar-refractivity contribution >= 4 is 0 Å². The first-order valence-electron chi connectivity index (χ1n) is 10.1. The van der Waals surface area contributed by atoms with Gasteiger partial charge in [-0.3, -0.25) is 0 Å². The summed E-state index contributed by atoms with van der Waals surface area (Å²) in [4.78, 5) is 0. The third kappa shape index (κ3) is 6.42. The van der Waals surface area contributed by atoms with Crippen molar-refractivity contribution in [3.63, 3.8) is 0 Å². The van der Waals surface area contributed by atoms with Gasteiger partial charge in [-0.05, 0) is 63.4 Å². The van der Waals surface area contributed by atoms with Gasteiger partial charge in [-0.25, -0.2) is 8.78 Å². The van der Waals surface area contributed by atoms with Gasteiger partial charge < -0.3 is 14.2 Å². The van der Waals surface area contributed by atoms with Gasteiger partial charge in [0.2, 0.25) is 0 Å². The Morgan fingerprint density at radius 3 is 2.37 bits per heavy atom. The fourth-order valence-corrected chi connectivity index (χ4v) is 3.91. The van der Waals surface area contributed by atoms with Gasteiger partial charge in [-0.1, -0.05) is 19.1 Å². The number of rotatable bonds is 9. The maximum Gasteiger partial charge on any atom is 0.196 e. The predicted molar refractivity (Wildman–Crippen MR) is 103 cm³/mol. The molecule has 2 aliphatic rings. The average molecular weight is 385 g/mol. The summed E-state index contributed by atoms with van der Waals surface area (Å²) < 4.78 is 44.6. The van der Waals surface area contributed by atoms with Gasteiger partial charge >= 0.3 is 0 Å². The number of hydrogen-bond donors (Lipinski definition) is 0. The Bertz CT molecular complexity index is 560. The van der Waals surface area contributed by atoms with Crippen molar-refractivity contribution < 1.29 is 23.0 Å². The Labute approximate surface area is 162 Å². The first-order chi connectivity index (χ1) is 13.0. The summed E-state index contributed by atoms with van der Waals surface area (Å²) in [6, 6.07) is 0. The summed E-state index contributed by atoms with van der Waals surface area (Å²) >= 11 is 0. The van der Waals surface area contributed by atoms with Crippen LogP contribution in [-0.2, 0) is 14.2 Å². The molecule has 3 nitrogen and oxygen atoms in total. The van der Waals surface area contributed by atoms with E-state index in [1.54, 1.807) is 0 Å². The number of hydrogen-bond acceptors (Lipinski definition) is 3. The van der Waals surface area contributed by atoms with E-state index in [1.165, 1.54) is 32.8 Å². The van der Waals surface area contributed by atoms with E-state index in [0.29, 0.717) is 43.5 Å². The highest BCUT2D eigenvalue weighted by Gasteiger charge is 2.27. The highest BCUT2D eigenvalue weighted by Crippen LogP contribution is 2.36. The molecule has 2 unspecified atom stereocenters. The van der Waals surface area contributed by atoms with Crippen molar-refractivity contribution in [1.82, 2.24) is 0 Å². The smallest absolute Gasteiger partial charge is 0.196 e. The molecular weight excluding hydrogens is 350 g/mol. The number of ether oxygens (including phenoxy) is 3. The van der Waals surface area contributed by atoms with Crippen LogP contribution in [0, 0.1) is 17.8 Å². The molecule has 5 heteroatoms. The van der Waals surface area contributed by atoms with E-state index in [0.717, 1.165) is 0 Å². The monoisotopic (exact) mass is 384 g/mol. The molecule has 2 aliphatic carbocycles. The molecule has 0 spiro atoms. The summed E-state index contributed by atoms with van der Waals surface area (Å²) in [5, 5.41) is 0. The Kier molecular flexibility index (Phi) is 8.97. The molecule has 0 aromatic rings. The minimum absolute atomic E-state index is 0.0882. The van der Waals surface area contributed by atoms with Crippen LogP contribution in [0.3, 0.4) is 0 Å². The van der Waals surface area contributed by atoms with E-state index in [2.05, 4.69) is 19.1 Å². The van der Waals surface area contributed by atoms with E-state index >= 15 is 0 Å². The van der Waals surface area contributed by atoms with Gasteiger partial charge in [0.05, 0.1) is 20.3 Å². The normalized spacial score (nSPS) is 26.6. The number of allylic oxidation sites excluding steroid dienone is 5. The summed E-state index contributed by atoms with van der Waals surface area (Å²) in [6.45, 7) is 6.81. The average Bonchev–Trinajstić information content (AvgIpc) is 2.68. The van der Waals surface area contributed by atoms with E-state index in [1.807, 2.05) is 13.8 Å². The molecule has 0 aromatic heterocycles. The zero-order chi connectivity index (χ0) is 19.8. The SMILES string of the molecule is C/C=C/C1CCC(COC(C)OCC(C)C2=C(F)C(F)=C(OC)CC2)CC1. The Hall–Kier alpha value is -1.20. The highest BCUT2D eigenvalue weighted by atomic mass is 19.2. The van der Waals surface area contributed by atoms with Crippen LogP contribution in [0.15, 0.2) is 35.1 Å². The quantitative estimate of drug-likeness (QED) is 0.348. The van der Waals surface area contributed by atoms with Gasteiger partial charge in [0, 0.05) is 12.3 Å². The lowest BCUT2D eigenvalue weighted by Gasteiger charge is -2.28. The van der Waals surface area contributed by atoms with Crippen LogP contribution in [0.25, 0.3) is 0 Å². The molecule has 1 saturated carbocycles. The van der Waals surface area contributed by atoms with Gasteiger partial charge in [-0.2, -0.15) is 0 Å². The van der Waals surface area contributed by atoms with E-state index in [-0.39, 0.29) is 18.0 Å². The van der Waals surface area contributed by atoms with Crippen molar-refractivity contribution in [3.05, 3.63) is 35.1 Å². The third-order valence-corrected chi connectivity index (χ3v) is 5.69. The van der Waals surface area contributed by atoms with Crippen LogP contribution in [0.5, 0.6) is 0 Å². The lowest BCUT2D eigenvalue weighted by molar-refractivity contribution is -0.145. The topological polar surface area (TPSA) is 27.7 Å². The standard InChI is InChI=1S/C22H34F2O3/c1-5-6-17-7-9-18(10-8-17)14-27-16(3)26-13-15(2)19-11-12-20(25-4)22(24)21(19)23/h5-6,15-18H,7-14H2,1-4H3/b6-5+. The second kappa shape index (κ2) is 11.0. The molecule has 1 fully saturated rings. The van der Waals surface area contributed by atoms with Gasteiger partial charge in [0.25, 0.3) is 0 Å². The van der Waals surface area contributed by atoms with Gasteiger partial charge in [0.15, 0.2) is 17.9 Å². The summed E-state index contributed by atoms with van der Waals surface area (Å²) in [5.41, 5.74) is 0.461. The summed E-state index contributed by atoms with van der Waals surface area (Å²) in [6.07, 6.45) is 9.75. The highest BCUT2D eigenvalue weighted by molar-refractivity contribution is 5.33. The molecule has 154 valence electrons. The molecule has 0 saturated heterocycles. The first kappa shape index (κ1) is 22.1. The Morgan fingerprint density at radius 1 is 1.04 bits per heavy atom. The van der Waals surface area contributed by atoms with Crippen molar-refractivity contribution in [1.29, 1.82) is 0 Å². The molecule has 0 aliphatic heterocycles. The lowest BCUT2D eigenvalue weighted by atomic mass is 9.82. The molecule has 2 rings (SSSR count). The van der Waals surface area contributed by atoms with Crippen LogP contribution >= 0.6 is 0 Å². The summed E-state index contributed by atoms with van der Waals surface area (Å²) in [5.74, 6) is -0.474. The van der Waals surface area contributed by atoms with Gasteiger partial charge in [0.1, 0.15) is 5.76 Å². The van der Waals surface area contributed by atoms with Gasteiger partial charge in [-0.15, -0.1) is 0 Å². The number of methoxy groups -OCH3 is 1. The molecule has 2 atom stereocenters. The molecule has 0 heterocycles. The largest absolute Gasteiger partial charge is 0.498 e. The van der Waals surface area contributed by atoms with Crippen LogP contribution in [0.2, 0.25) is 0 Å². The molecule has 0 N–H and O–H groups in total. The van der Waals surface area contributed by atoms with E-state index in [9.17, 15) is 8.78 Å². The summed E-state index contributed by atoms with van der Waals surface area (Å²) in [7, 11) is 1.37. The van der Waals surface area contributed by atoms with Crippen LogP contribution in [0.1, 0.15) is 59.3 Å². The van der Waals surface area contributed by atoms with E-state index in [4.69, 9.17) is 14.2 Å². The maximum atomic E-state index is 14.2. The van der Waals surface area contributed by atoms with Crippen molar-refractivity contribution in [2.75, 3.05) is 20.3 Å². The minimum Gasteiger partial charge on any atom is -0.498 e. The van der Waals surface area contributed by atoms with Crippen LogP contribution in [-0.4, -0.2) is 26.6 Å². The Morgan fingerprint density at radius 2 is 1.74 bits per heavy atom. The zero-order valence-corrected chi connectivity index (χ0v) is 17.1. The minimum atomic E-state index is -0.872. The van der Waals surface area contributed by atoms with Crippen molar-refractivity contribution in [2.45, 2.75) is 65.6 Å². The molecular formula is C22H34F2O3. The zero-order valence-electron chi connectivity index (χ0n) is 17.1. The number of halogens is 2. The van der Waals surface area contributed by atoms with Crippen LogP contribution < -0.4 is 0 Å². The lowest BCUT2D eigenvalue weighted by Crippen LogP contribution is -2.24.